The van der Waals surface area contributed by atoms with E-state index in [0.717, 1.165) is 11.8 Å². The Bertz CT molecular complexity index is 311. The highest BCUT2D eigenvalue weighted by Crippen LogP contribution is 2.39. The monoisotopic (exact) mass is 243 g/mol. The highest BCUT2D eigenvalue weighted by atomic mass is 14.3. The van der Waals surface area contributed by atoms with Crippen LogP contribution in [0.5, 0.6) is 0 Å². The zero-order valence-corrected chi connectivity index (χ0v) is 11.7. The molecule has 18 heavy (non-hydrogen) atoms. The molecule has 0 N–H and O–H groups in total. The van der Waals surface area contributed by atoms with Crippen molar-refractivity contribution in [2.75, 3.05) is 0 Å². The summed E-state index contributed by atoms with van der Waals surface area (Å²) in [6.45, 7) is 0. The summed E-state index contributed by atoms with van der Waals surface area (Å²) in [7, 11) is 0. The number of hydrogen-bond donors (Lipinski definition) is 0. The minimum Gasteiger partial charge on any atom is -0.0834 e. The topological polar surface area (TPSA) is 0 Å². The highest BCUT2D eigenvalue weighted by Gasteiger charge is 2.25. The Labute approximate surface area is 113 Å². The van der Waals surface area contributed by atoms with Gasteiger partial charge >= 0.3 is 0 Å². The van der Waals surface area contributed by atoms with Crippen molar-refractivity contribution >= 4 is 0 Å². The van der Waals surface area contributed by atoms with Crippen molar-refractivity contribution in [2.45, 2.75) is 70.6 Å². The Hall–Kier alpha value is -0.520. The molecule has 0 saturated heterocycles. The fourth-order valence-corrected chi connectivity index (χ4v) is 4.10. The van der Waals surface area contributed by atoms with Crippen molar-refractivity contribution in [3.63, 3.8) is 0 Å². The van der Waals surface area contributed by atoms with Gasteiger partial charge in [-0.3, -0.25) is 0 Å². The van der Waals surface area contributed by atoms with Crippen LogP contribution in [0.3, 0.4) is 0 Å². The molecule has 0 unspecified atom stereocenters. The van der Waals surface area contributed by atoms with E-state index in [9.17, 15) is 0 Å². The lowest BCUT2D eigenvalue weighted by atomic mass is 9.73. The third-order valence-corrected chi connectivity index (χ3v) is 5.22. The van der Waals surface area contributed by atoms with Crippen LogP contribution >= 0.6 is 0 Å². The van der Waals surface area contributed by atoms with Crippen molar-refractivity contribution < 1.29 is 0 Å². The molecular formula is C18H27. The van der Waals surface area contributed by atoms with Crippen LogP contribution in [-0.2, 0) is 0 Å². The van der Waals surface area contributed by atoms with Gasteiger partial charge in [0.2, 0.25) is 0 Å². The second kappa shape index (κ2) is 6.08. The molecule has 2 fully saturated rings. The van der Waals surface area contributed by atoms with E-state index in [0.29, 0.717) is 0 Å². The maximum absolute atomic E-state index is 2.60. The fraction of sp³-hybridized carbons (Fsp3) is 0.722. The summed E-state index contributed by atoms with van der Waals surface area (Å²) < 4.78 is 0. The molecule has 2 saturated carbocycles. The first-order chi connectivity index (χ1) is 8.93. The lowest BCUT2D eigenvalue weighted by Crippen LogP contribution is -2.18. The predicted molar refractivity (Wildman–Crippen MR) is 78.2 cm³/mol. The lowest BCUT2D eigenvalue weighted by molar-refractivity contribution is 0.370. The van der Waals surface area contributed by atoms with Gasteiger partial charge in [-0.15, -0.1) is 0 Å². The van der Waals surface area contributed by atoms with E-state index < -0.39 is 0 Å². The Kier molecular flexibility index (Phi) is 4.23. The summed E-state index contributed by atoms with van der Waals surface area (Å²) in [6, 6.07) is 0. The van der Waals surface area contributed by atoms with Gasteiger partial charge in [-0.05, 0) is 49.5 Å². The van der Waals surface area contributed by atoms with Gasteiger partial charge in [0.15, 0.2) is 0 Å². The van der Waals surface area contributed by atoms with E-state index >= 15 is 0 Å². The Balaban J connectivity index is 1.65. The molecular weight excluding hydrogens is 216 g/mol. The van der Waals surface area contributed by atoms with Crippen LogP contribution in [-0.4, -0.2) is 0 Å². The van der Waals surface area contributed by atoms with Crippen molar-refractivity contribution in [1.29, 1.82) is 0 Å². The maximum Gasteiger partial charge on any atom is 0.00472 e. The summed E-state index contributed by atoms with van der Waals surface area (Å²) in [6.07, 6.45) is 23.3. The summed E-state index contributed by atoms with van der Waals surface area (Å²) in [5, 5.41) is 0. The predicted octanol–water partition coefficient (Wildman–Crippen LogP) is 5.61. The van der Waals surface area contributed by atoms with Gasteiger partial charge in [-0.25, -0.2) is 0 Å². The van der Waals surface area contributed by atoms with Crippen molar-refractivity contribution in [2.24, 2.45) is 11.8 Å². The maximum atomic E-state index is 2.60. The third kappa shape index (κ3) is 2.90. The molecule has 0 nitrogen and oxygen atoms in total. The van der Waals surface area contributed by atoms with Crippen molar-refractivity contribution in [1.82, 2.24) is 0 Å². The summed E-state index contributed by atoms with van der Waals surface area (Å²) in [4.78, 5) is 0. The van der Waals surface area contributed by atoms with Crippen LogP contribution in [0.4, 0.5) is 0 Å². The molecule has 0 heteroatoms. The molecule has 0 spiro atoms. The first-order valence-corrected chi connectivity index (χ1v) is 8.17. The molecule has 1 radical (unpaired) electrons. The average Bonchev–Trinajstić information content (AvgIpc) is 2.49. The molecule has 0 aromatic heterocycles. The minimum absolute atomic E-state index is 0.883. The van der Waals surface area contributed by atoms with E-state index in [1.54, 1.807) is 11.5 Å². The van der Waals surface area contributed by atoms with Gasteiger partial charge < -0.3 is 0 Å². The van der Waals surface area contributed by atoms with Crippen LogP contribution in [0.1, 0.15) is 70.6 Å². The Morgan fingerprint density at radius 1 is 0.722 bits per heavy atom. The van der Waals surface area contributed by atoms with Gasteiger partial charge in [-0.2, -0.15) is 0 Å². The van der Waals surface area contributed by atoms with Crippen LogP contribution in [0, 0.1) is 17.8 Å². The number of rotatable bonds is 2. The molecule has 3 aliphatic rings. The smallest absolute Gasteiger partial charge is 0.00472 e. The number of hydrogen-bond acceptors (Lipinski definition) is 0. The molecule has 3 rings (SSSR count). The van der Waals surface area contributed by atoms with Gasteiger partial charge in [0.1, 0.15) is 0 Å². The summed E-state index contributed by atoms with van der Waals surface area (Å²) >= 11 is 0. The molecule has 0 bridgehead atoms. The molecule has 0 amide bonds. The Morgan fingerprint density at radius 3 is 2.00 bits per heavy atom. The molecule has 0 aromatic rings. The zero-order valence-electron chi connectivity index (χ0n) is 11.7. The Morgan fingerprint density at radius 2 is 1.33 bits per heavy atom. The third-order valence-electron chi connectivity index (χ3n) is 5.22. The van der Waals surface area contributed by atoms with Crippen LogP contribution in [0.15, 0.2) is 23.8 Å². The van der Waals surface area contributed by atoms with E-state index in [4.69, 9.17) is 0 Å². The number of allylic oxidation sites excluding steroid dienone is 4. The van der Waals surface area contributed by atoms with E-state index in [2.05, 4.69) is 18.2 Å². The molecule has 99 valence electrons. The summed E-state index contributed by atoms with van der Waals surface area (Å²) in [5.41, 5.74) is 1.67. The standard InChI is InChI=1S/C18H27/c1-3-8-15(9-4-1)17-12-7-13-18(14-17)16-10-5-2-6-11-16/h7,12,14-16H,1-6,8-11,13H2. The molecule has 0 atom stereocenters. The van der Waals surface area contributed by atoms with Gasteiger partial charge in [0.25, 0.3) is 0 Å². The molecule has 0 aliphatic heterocycles. The molecule has 0 aromatic carbocycles. The zero-order chi connectivity index (χ0) is 12.2. The first kappa shape index (κ1) is 12.5. The van der Waals surface area contributed by atoms with Gasteiger partial charge in [-0.1, -0.05) is 56.8 Å². The second-order valence-electron chi connectivity index (χ2n) is 6.50. The lowest BCUT2D eigenvalue weighted by Gasteiger charge is -2.31. The van der Waals surface area contributed by atoms with Crippen molar-refractivity contribution in [3.05, 3.63) is 29.7 Å². The first-order valence-electron chi connectivity index (χ1n) is 8.17. The molecule has 0 heterocycles. The normalized spacial score (nSPS) is 28.3. The van der Waals surface area contributed by atoms with Crippen LogP contribution < -0.4 is 0 Å². The molecule has 3 aliphatic carbocycles. The summed E-state index contributed by atoms with van der Waals surface area (Å²) in [5.74, 6) is 3.56. The quantitative estimate of drug-likeness (QED) is 0.591. The van der Waals surface area contributed by atoms with Gasteiger partial charge in [0, 0.05) is 5.92 Å². The van der Waals surface area contributed by atoms with E-state index in [1.165, 1.54) is 70.6 Å². The van der Waals surface area contributed by atoms with E-state index in [1.807, 2.05) is 0 Å². The van der Waals surface area contributed by atoms with E-state index in [-0.39, 0.29) is 0 Å². The van der Waals surface area contributed by atoms with Crippen LogP contribution in [0.2, 0.25) is 0 Å². The van der Waals surface area contributed by atoms with Gasteiger partial charge in [0.05, 0.1) is 0 Å². The second-order valence-corrected chi connectivity index (χ2v) is 6.50. The largest absolute Gasteiger partial charge is 0.0834 e. The average molecular weight is 243 g/mol. The van der Waals surface area contributed by atoms with Crippen LogP contribution in [0.25, 0.3) is 0 Å². The SMILES string of the molecule is C1=CC(C2CCCCC2)=C[C](C2CCCCC2)C1. The fourth-order valence-electron chi connectivity index (χ4n) is 4.10. The van der Waals surface area contributed by atoms with Crippen molar-refractivity contribution in [3.8, 4) is 0 Å². The minimum atomic E-state index is 0.883. The highest BCUT2D eigenvalue weighted by molar-refractivity contribution is 5.35.